The minimum atomic E-state index is -0.657. The van der Waals surface area contributed by atoms with Crippen LogP contribution >= 0.6 is 11.5 Å². The Kier molecular flexibility index (Phi) is 5.12. The second kappa shape index (κ2) is 8.07. The summed E-state index contributed by atoms with van der Waals surface area (Å²) in [6.07, 6.45) is 3.45. The van der Waals surface area contributed by atoms with E-state index >= 15 is 0 Å². The van der Waals surface area contributed by atoms with Crippen LogP contribution in [0.1, 0.15) is 52.4 Å². The van der Waals surface area contributed by atoms with E-state index in [2.05, 4.69) is 19.5 Å². The smallest absolute Gasteiger partial charge is 0.338 e. The number of ether oxygens (including phenoxy) is 1. The number of fused-ring (bicyclic) bond motifs is 2. The first-order valence-electron chi connectivity index (χ1n) is 11.6. The van der Waals surface area contributed by atoms with Crippen LogP contribution < -0.4 is 4.90 Å². The molecule has 0 bridgehead atoms. The number of piperidine rings is 1. The first kappa shape index (κ1) is 21.6. The highest BCUT2D eigenvalue weighted by Gasteiger charge is 2.48. The molecular formula is C24H25N5O4S. The number of aromatic nitrogens is 3. The molecule has 9 nitrogen and oxygen atoms in total. The van der Waals surface area contributed by atoms with E-state index in [9.17, 15) is 14.7 Å². The van der Waals surface area contributed by atoms with Crippen LogP contribution in [0.4, 0.5) is 5.69 Å². The Hall–Kier alpha value is -2.95. The van der Waals surface area contributed by atoms with E-state index in [-0.39, 0.29) is 23.9 Å². The number of nitrogens with zero attached hydrogens (tertiary/aromatic N) is 5. The van der Waals surface area contributed by atoms with Crippen molar-refractivity contribution in [3.8, 4) is 0 Å². The van der Waals surface area contributed by atoms with Gasteiger partial charge in [0.25, 0.3) is 0 Å². The summed E-state index contributed by atoms with van der Waals surface area (Å²) in [5.74, 6) is -0.133. The van der Waals surface area contributed by atoms with Gasteiger partial charge in [0.2, 0.25) is 5.91 Å². The van der Waals surface area contributed by atoms with Gasteiger partial charge in [0.1, 0.15) is 12.1 Å². The van der Waals surface area contributed by atoms with E-state index in [1.54, 1.807) is 12.3 Å². The Balaban J connectivity index is 1.11. The highest BCUT2D eigenvalue weighted by molar-refractivity contribution is 7.12. The maximum absolute atomic E-state index is 13.4. The standard InChI is InChI=1S/C24H25N5O4S/c1-14-16(2-3-17-18(14)13-33-22(17)31)20(30)12-28-7-4-24(5-8-28)6-9-29(23(24)32)15-10-19-21(25-11-15)34-27-26-19/h2-3,10-11,20,30H,4-9,12-13H2,1H3/t20-/m0/s1. The largest absolute Gasteiger partial charge is 0.457 e. The average Bonchev–Trinajstić information content (AvgIpc) is 3.54. The van der Waals surface area contributed by atoms with E-state index < -0.39 is 6.10 Å². The van der Waals surface area contributed by atoms with Crippen molar-refractivity contribution in [1.29, 1.82) is 0 Å². The number of pyridine rings is 1. The van der Waals surface area contributed by atoms with Gasteiger partial charge in [-0.1, -0.05) is 10.6 Å². The fourth-order valence-corrected chi connectivity index (χ4v) is 6.09. The quantitative estimate of drug-likeness (QED) is 0.569. The minimum absolute atomic E-state index is 0.163. The summed E-state index contributed by atoms with van der Waals surface area (Å²) in [5.41, 5.74) is 4.38. The molecule has 0 radical (unpaired) electrons. The summed E-state index contributed by atoms with van der Waals surface area (Å²) >= 11 is 1.25. The summed E-state index contributed by atoms with van der Waals surface area (Å²) in [5, 5.41) is 15.0. The van der Waals surface area contributed by atoms with E-state index in [4.69, 9.17) is 4.74 Å². The van der Waals surface area contributed by atoms with Crippen molar-refractivity contribution < 1.29 is 19.4 Å². The molecule has 34 heavy (non-hydrogen) atoms. The second-order valence-corrected chi connectivity index (χ2v) is 10.2. The van der Waals surface area contributed by atoms with Gasteiger partial charge < -0.3 is 19.6 Å². The molecule has 5 heterocycles. The Morgan fingerprint density at radius 1 is 1.21 bits per heavy atom. The SMILES string of the molecule is Cc1c([C@@H](O)CN2CCC3(CC2)CCN(c2cnc4snnc4c2)C3=O)ccc2c1COC2=O. The van der Waals surface area contributed by atoms with Crippen LogP contribution in [0.25, 0.3) is 10.3 Å². The lowest BCUT2D eigenvalue weighted by atomic mass is 9.77. The van der Waals surface area contributed by atoms with E-state index in [0.717, 1.165) is 65.1 Å². The third kappa shape index (κ3) is 3.40. The minimum Gasteiger partial charge on any atom is -0.457 e. The molecule has 0 saturated carbocycles. The zero-order chi connectivity index (χ0) is 23.4. The van der Waals surface area contributed by atoms with Crippen LogP contribution in [0.15, 0.2) is 24.4 Å². The van der Waals surface area contributed by atoms with Crippen molar-refractivity contribution in [1.82, 2.24) is 19.5 Å². The normalized spacial score (nSPS) is 20.8. The molecule has 2 saturated heterocycles. The fraction of sp³-hybridized carbons (Fsp3) is 0.458. The number of rotatable bonds is 4. The van der Waals surface area contributed by atoms with E-state index in [1.165, 1.54) is 11.5 Å². The maximum atomic E-state index is 13.4. The van der Waals surface area contributed by atoms with Gasteiger partial charge in [-0.15, -0.1) is 5.10 Å². The van der Waals surface area contributed by atoms with Crippen LogP contribution in [0.2, 0.25) is 0 Å². The predicted octanol–water partition coefficient (Wildman–Crippen LogP) is 2.62. The van der Waals surface area contributed by atoms with Crippen LogP contribution in [0, 0.1) is 12.3 Å². The molecule has 2 fully saturated rings. The van der Waals surface area contributed by atoms with Crippen LogP contribution in [-0.4, -0.2) is 62.6 Å². The highest BCUT2D eigenvalue weighted by Crippen LogP contribution is 2.43. The number of aliphatic hydroxyl groups is 1. The molecule has 176 valence electrons. The average molecular weight is 480 g/mol. The van der Waals surface area contributed by atoms with Gasteiger partial charge in [0.15, 0.2) is 4.83 Å². The van der Waals surface area contributed by atoms with E-state index in [0.29, 0.717) is 18.7 Å². The topological polar surface area (TPSA) is 109 Å². The molecule has 10 heteroatoms. The van der Waals surface area contributed by atoms with Gasteiger partial charge in [-0.3, -0.25) is 4.79 Å². The number of carbonyl (C=O) groups excluding carboxylic acids is 2. The van der Waals surface area contributed by atoms with Gasteiger partial charge in [0.05, 0.1) is 29.0 Å². The number of amides is 1. The molecule has 1 N–H and O–H groups in total. The highest BCUT2D eigenvalue weighted by atomic mass is 32.1. The molecule has 1 aromatic carbocycles. The second-order valence-electron chi connectivity index (χ2n) is 9.48. The molecule has 1 spiro atoms. The lowest BCUT2D eigenvalue weighted by molar-refractivity contribution is -0.128. The number of anilines is 1. The number of hydrogen-bond acceptors (Lipinski definition) is 9. The molecular weight excluding hydrogens is 454 g/mol. The molecule has 3 aliphatic rings. The first-order chi connectivity index (χ1) is 16.4. The van der Waals surface area contributed by atoms with Gasteiger partial charge in [-0.05, 0) is 62.5 Å². The Morgan fingerprint density at radius 3 is 2.82 bits per heavy atom. The molecule has 3 aromatic rings. The lowest BCUT2D eigenvalue weighted by Crippen LogP contribution is -2.45. The van der Waals surface area contributed by atoms with Gasteiger partial charge >= 0.3 is 5.97 Å². The number of likely N-dealkylation sites (tertiary alicyclic amines) is 1. The number of esters is 1. The van der Waals surface area contributed by atoms with Gasteiger partial charge in [-0.25, -0.2) is 9.78 Å². The molecule has 0 unspecified atom stereocenters. The monoisotopic (exact) mass is 479 g/mol. The number of cyclic esters (lactones) is 1. The third-order valence-corrected chi connectivity index (χ3v) is 8.38. The van der Waals surface area contributed by atoms with Gasteiger partial charge in [-0.2, -0.15) is 0 Å². The summed E-state index contributed by atoms with van der Waals surface area (Å²) in [6.45, 7) is 4.91. The van der Waals surface area contributed by atoms with Crippen molar-refractivity contribution >= 4 is 39.4 Å². The molecule has 0 aliphatic carbocycles. The number of carbonyl (C=O) groups is 2. The van der Waals surface area contributed by atoms with Crippen LogP contribution in [0.5, 0.6) is 0 Å². The Labute approximate surface area is 200 Å². The fourth-order valence-electron chi connectivity index (χ4n) is 5.59. The Bertz CT molecular complexity index is 1300. The van der Waals surface area contributed by atoms with Gasteiger partial charge in [0, 0.05) is 30.2 Å². The van der Waals surface area contributed by atoms with Crippen molar-refractivity contribution in [2.45, 2.75) is 38.9 Å². The van der Waals surface area contributed by atoms with Crippen molar-refractivity contribution in [3.05, 3.63) is 46.6 Å². The maximum Gasteiger partial charge on any atom is 0.338 e. The van der Waals surface area contributed by atoms with Crippen molar-refractivity contribution in [2.75, 3.05) is 31.1 Å². The molecule has 1 amide bonds. The molecule has 1 atom stereocenters. The summed E-state index contributed by atoms with van der Waals surface area (Å²) in [7, 11) is 0. The molecule has 2 aromatic heterocycles. The van der Waals surface area contributed by atoms with Crippen LogP contribution in [0.3, 0.4) is 0 Å². The number of benzene rings is 1. The molecule has 6 rings (SSSR count). The van der Waals surface area contributed by atoms with E-state index in [1.807, 2.05) is 24.0 Å². The van der Waals surface area contributed by atoms with Crippen LogP contribution in [-0.2, 0) is 16.1 Å². The summed E-state index contributed by atoms with van der Waals surface area (Å²) in [4.78, 5) is 34.5. The molecule has 3 aliphatic heterocycles. The summed E-state index contributed by atoms with van der Waals surface area (Å²) in [6, 6.07) is 5.48. The zero-order valence-corrected chi connectivity index (χ0v) is 19.7. The lowest BCUT2D eigenvalue weighted by Gasteiger charge is -2.38. The Morgan fingerprint density at radius 2 is 2.00 bits per heavy atom. The predicted molar refractivity (Wildman–Crippen MR) is 126 cm³/mol. The number of hydrogen-bond donors (Lipinski definition) is 1. The number of β-amino-alcohol motifs (C(OH)–C–C–N with tert-alkyl or cyclic N) is 1. The first-order valence-corrected chi connectivity index (χ1v) is 12.3. The number of aliphatic hydroxyl groups excluding tert-OH is 1. The zero-order valence-electron chi connectivity index (χ0n) is 18.9. The third-order valence-electron chi connectivity index (χ3n) is 7.73. The summed E-state index contributed by atoms with van der Waals surface area (Å²) < 4.78 is 9.06. The van der Waals surface area contributed by atoms with Crippen molar-refractivity contribution in [3.63, 3.8) is 0 Å². The van der Waals surface area contributed by atoms with Crippen molar-refractivity contribution in [2.24, 2.45) is 5.41 Å².